The fourth-order valence-corrected chi connectivity index (χ4v) is 2.21. The van der Waals surface area contributed by atoms with Crippen molar-refractivity contribution in [2.45, 2.75) is 20.0 Å². The third-order valence-corrected chi connectivity index (χ3v) is 3.62. The van der Waals surface area contributed by atoms with Gasteiger partial charge in [0.2, 0.25) is 0 Å². The number of methoxy groups -OCH3 is 1. The van der Waals surface area contributed by atoms with Crippen LogP contribution in [0.2, 0.25) is 0 Å². The zero-order valence-electron chi connectivity index (χ0n) is 14.5. The van der Waals surface area contributed by atoms with Crippen molar-refractivity contribution in [1.29, 1.82) is 0 Å². The molecule has 0 radical (unpaired) electrons. The number of esters is 1. The monoisotopic (exact) mass is 358 g/mol. The highest BCUT2D eigenvalue weighted by molar-refractivity contribution is 5.97. The first kappa shape index (κ1) is 18.9. The van der Waals surface area contributed by atoms with E-state index < -0.39 is 22.9 Å². The summed E-state index contributed by atoms with van der Waals surface area (Å²) in [6, 6.07) is 10.6. The van der Waals surface area contributed by atoms with Gasteiger partial charge in [0.05, 0.1) is 17.6 Å². The van der Waals surface area contributed by atoms with E-state index in [1.807, 2.05) is 0 Å². The molecule has 8 nitrogen and oxygen atoms in total. The number of aryl methyl sites for hydroxylation is 1. The van der Waals surface area contributed by atoms with E-state index in [9.17, 15) is 19.7 Å². The molecular weight excluding hydrogens is 340 g/mol. The summed E-state index contributed by atoms with van der Waals surface area (Å²) in [5, 5.41) is 13.4. The Morgan fingerprint density at radius 1 is 1.19 bits per heavy atom. The Hall–Kier alpha value is -3.42. The highest BCUT2D eigenvalue weighted by Gasteiger charge is 2.21. The fraction of sp³-hybridized carbons (Fsp3) is 0.222. The first-order valence-electron chi connectivity index (χ1n) is 7.72. The number of nitro benzene ring substituents is 1. The van der Waals surface area contributed by atoms with Gasteiger partial charge in [-0.1, -0.05) is 6.07 Å². The van der Waals surface area contributed by atoms with Crippen molar-refractivity contribution < 1.29 is 24.0 Å². The molecule has 26 heavy (non-hydrogen) atoms. The van der Waals surface area contributed by atoms with Crippen LogP contribution in [-0.4, -0.2) is 30.0 Å². The van der Waals surface area contributed by atoms with Crippen molar-refractivity contribution in [3.05, 3.63) is 63.7 Å². The molecule has 0 aromatic heterocycles. The molecule has 2 rings (SSSR count). The molecule has 0 saturated carbocycles. The standard InChI is InChI=1S/C18H18N2O6/c1-11-9-13(7-8-16(11)20(23)24)18(22)26-12(2)17(21)19-14-5-4-6-15(10-14)25-3/h4-10,12H,1-3H3,(H,19,21)/t12-/m1/s1. The van der Waals surface area contributed by atoms with Crippen LogP contribution in [0, 0.1) is 17.0 Å². The molecule has 0 heterocycles. The summed E-state index contributed by atoms with van der Waals surface area (Å²) in [4.78, 5) is 34.6. The Balaban J connectivity index is 2.02. The minimum absolute atomic E-state index is 0.0923. The lowest BCUT2D eigenvalue weighted by atomic mass is 10.1. The molecule has 0 bridgehead atoms. The van der Waals surface area contributed by atoms with Gasteiger partial charge in [-0.15, -0.1) is 0 Å². The molecule has 8 heteroatoms. The summed E-state index contributed by atoms with van der Waals surface area (Å²) in [5.74, 6) is -0.671. The average molecular weight is 358 g/mol. The summed E-state index contributed by atoms with van der Waals surface area (Å²) < 4.78 is 10.2. The lowest BCUT2D eigenvalue weighted by Crippen LogP contribution is -2.30. The second-order valence-electron chi connectivity index (χ2n) is 5.53. The lowest BCUT2D eigenvalue weighted by molar-refractivity contribution is -0.385. The zero-order valence-corrected chi connectivity index (χ0v) is 14.5. The third kappa shape index (κ3) is 4.56. The van der Waals surface area contributed by atoms with Crippen LogP contribution < -0.4 is 10.1 Å². The number of nitrogens with zero attached hydrogens (tertiary/aromatic N) is 1. The summed E-state index contributed by atoms with van der Waals surface area (Å²) in [6.07, 6.45) is -1.05. The quantitative estimate of drug-likeness (QED) is 0.483. The smallest absolute Gasteiger partial charge is 0.338 e. The van der Waals surface area contributed by atoms with Gasteiger partial charge in [-0.2, -0.15) is 0 Å². The first-order chi connectivity index (χ1) is 12.3. The van der Waals surface area contributed by atoms with E-state index in [4.69, 9.17) is 9.47 Å². The number of hydrogen-bond donors (Lipinski definition) is 1. The van der Waals surface area contributed by atoms with Crippen molar-refractivity contribution in [3.63, 3.8) is 0 Å². The molecule has 0 aliphatic carbocycles. The van der Waals surface area contributed by atoms with Crippen molar-refractivity contribution in [2.75, 3.05) is 12.4 Å². The van der Waals surface area contributed by atoms with Crippen LogP contribution in [0.1, 0.15) is 22.8 Å². The van der Waals surface area contributed by atoms with E-state index >= 15 is 0 Å². The predicted octanol–water partition coefficient (Wildman–Crippen LogP) is 3.10. The molecule has 136 valence electrons. The SMILES string of the molecule is COc1cccc(NC(=O)[C@@H](C)OC(=O)c2ccc([N+](=O)[O-])c(C)c2)c1. The lowest BCUT2D eigenvalue weighted by Gasteiger charge is -2.14. The Morgan fingerprint density at radius 2 is 1.92 bits per heavy atom. The number of hydrogen-bond acceptors (Lipinski definition) is 6. The molecule has 2 aromatic rings. The fourth-order valence-electron chi connectivity index (χ4n) is 2.21. The van der Waals surface area contributed by atoms with Crippen LogP contribution in [0.15, 0.2) is 42.5 Å². The van der Waals surface area contributed by atoms with Gasteiger partial charge in [0, 0.05) is 23.4 Å². The van der Waals surface area contributed by atoms with Gasteiger partial charge >= 0.3 is 5.97 Å². The Kier molecular flexibility index (Phi) is 5.90. The molecule has 0 fully saturated rings. The number of benzene rings is 2. The summed E-state index contributed by atoms with van der Waals surface area (Å²) in [7, 11) is 1.51. The predicted molar refractivity (Wildman–Crippen MR) is 94.3 cm³/mol. The van der Waals surface area contributed by atoms with Gasteiger partial charge in [-0.25, -0.2) is 4.79 Å². The highest BCUT2D eigenvalue weighted by Crippen LogP contribution is 2.20. The van der Waals surface area contributed by atoms with Crippen molar-refractivity contribution in [1.82, 2.24) is 0 Å². The van der Waals surface area contributed by atoms with Gasteiger partial charge in [0.25, 0.3) is 11.6 Å². The Labute approximate surface area is 149 Å². The van der Waals surface area contributed by atoms with E-state index in [0.29, 0.717) is 17.0 Å². The topological polar surface area (TPSA) is 108 Å². The van der Waals surface area contributed by atoms with Gasteiger partial charge in [0.1, 0.15) is 5.75 Å². The summed E-state index contributed by atoms with van der Waals surface area (Å²) in [5.41, 5.74) is 0.876. The van der Waals surface area contributed by atoms with Crippen LogP contribution >= 0.6 is 0 Å². The largest absolute Gasteiger partial charge is 0.497 e. The molecule has 1 atom stereocenters. The second kappa shape index (κ2) is 8.11. The number of nitrogens with one attached hydrogen (secondary N) is 1. The molecule has 0 aliphatic heterocycles. The van der Waals surface area contributed by atoms with Crippen molar-refractivity contribution >= 4 is 23.3 Å². The number of anilines is 1. The maximum absolute atomic E-state index is 12.2. The summed E-state index contributed by atoms with van der Waals surface area (Å²) >= 11 is 0. The molecule has 0 spiro atoms. The number of ether oxygens (including phenoxy) is 2. The third-order valence-electron chi connectivity index (χ3n) is 3.62. The van der Waals surface area contributed by atoms with E-state index in [-0.39, 0.29) is 11.3 Å². The minimum atomic E-state index is -1.05. The molecule has 2 aromatic carbocycles. The van der Waals surface area contributed by atoms with Crippen LogP contribution in [0.3, 0.4) is 0 Å². The zero-order chi connectivity index (χ0) is 19.3. The number of rotatable bonds is 6. The van der Waals surface area contributed by atoms with Gasteiger partial charge < -0.3 is 14.8 Å². The molecule has 0 unspecified atom stereocenters. The number of carbonyl (C=O) groups excluding carboxylic acids is 2. The molecule has 1 N–H and O–H groups in total. The minimum Gasteiger partial charge on any atom is -0.497 e. The number of carbonyl (C=O) groups is 2. The highest BCUT2D eigenvalue weighted by atomic mass is 16.6. The maximum Gasteiger partial charge on any atom is 0.338 e. The molecule has 1 amide bonds. The molecule has 0 saturated heterocycles. The average Bonchev–Trinajstić information content (AvgIpc) is 2.61. The van der Waals surface area contributed by atoms with Crippen molar-refractivity contribution in [2.24, 2.45) is 0 Å². The summed E-state index contributed by atoms with van der Waals surface area (Å²) in [6.45, 7) is 2.96. The van der Waals surface area contributed by atoms with Crippen LogP contribution in [0.4, 0.5) is 11.4 Å². The Morgan fingerprint density at radius 3 is 2.54 bits per heavy atom. The van der Waals surface area contributed by atoms with Crippen molar-refractivity contribution in [3.8, 4) is 5.75 Å². The van der Waals surface area contributed by atoms with E-state index in [1.165, 1.54) is 39.2 Å². The van der Waals surface area contributed by atoms with Gasteiger partial charge in [0.15, 0.2) is 6.10 Å². The molecular formula is C18H18N2O6. The van der Waals surface area contributed by atoms with Gasteiger partial charge in [-0.3, -0.25) is 14.9 Å². The first-order valence-corrected chi connectivity index (χ1v) is 7.72. The second-order valence-corrected chi connectivity index (χ2v) is 5.53. The van der Waals surface area contributed by atoms with Crippen LogP contribution in [-0.2, 0) is 9.53 Å². The maximum atomic E-state index is 12.2. The van der Waals surface area contributed by atoms with E-state index in [1.54, 1.807) is 24.3 Å². The van der Waals surface area contributed by atoms with Crippen LogP contribution in [0.25, 0.3) is 0 Å². The Bertz CT molecular complexity index is 849. The normalized spacial score (nSPS) is 11.3. The van der Waals surface area contributed by atoms with Crippen LogP contribution in [0.5, 0.6) is 5.75 Å². The number of amides is 1. The van der Waals surface area contributed by atoms with E-state index in [2.05, 4.69) is 5.32 Å². The molecule has 0 aliphatic rings. The van der Waals surface area contributed by atoms with Gasteiger partial charge in [-0.05, 0) is 38.1 Å². The number of nitro groups is 1. The van der Waals surface area contributed by atoms with E-state index in [0.717, 1.165) is 0 Å².